The van der Waals surface area contributed by atoms with E-state index in [2.05, 4.69) is 56.3 Å². The molecule has 0 heterocycles. The molecule has 0 saturated heterocycles. The largest absolute Gasteiger partial charge is 0.175 e. The number of hydrogen-bond acceptors (Lipinski definition) is 1. The molecule has 2 unspecified atom stereocenters. The highest BCUT2D eigenvalue weighted by atomic mass is 35.5. The maximum atomic E-state index is 5.05. The number of benzene rings is 2. The average molecular weight is 463 g/mol. The van der Waals surface area contributed by atoms with Crippen LogP contribution < -0.4 is 0 Å². The Morgan fingerprint density at radius 2 is 1.16 bits per heavy atom. The van der Waals surface area contributed by atoms with Gasteiger partial charge in [0.15, 0.2) is 0 Å². The lowest BCUT2D eigenvalue weighted by atomic mass is 9.87. The first-order chi connectivity index (χ1) is 14.8. The van der Waals surface area contributed by atoms with Crippen LogP contribution in [-0.4, -0.2) is 5.25 Å². The molecule has 0 aliphatic heterocycles. The topological polar surface area (TPSA) is 0 Å². The zero-order chi connectivity index (χ0) is 21.4. The van der Waals surface area contributed by atoms with E-state index >= 15 is 0 Å². The third-order valence-corrected chi connectivity index (χ3v) is 7.35. The van der Waals surface area contributed by atoms with Crippen molar-refractivity contribution < 1.29 is 0 Å². The molecular formula is C29H47ClS. The summed E-state index contributed by atoms with van der Waals surface area (Å²) in [4.78, 5) is 0. The number of unbranched alkanes of at least 4 members (excludes halogenated alkanes) is 12. The maximum Gasteiger partial charge on any atom is 0.00856 e. The van der Waals surface area contributed by atoms with Crippen molar-refractivity contribution in [2.24, 2.45) is 0 Å². The molecule has 0 aromatic heterocycles. The summed E-state index contributed by atoms with van der Waals surface area (Å²) in [5.41, 5.74) is 1.49. The predicted molar refractivity (Wildman–Crippen MR) is 147 cm³/mol. The first-order valence-corrected chi connectivity index (χ1v) is 13.4. The molecule has 0 aliphatic rings. The molecule has 2 aromatic carbocycles. The molecule has 2 rings (SSSR count). The van der Waals surface area contributed by atoms with Gasteiger partial charge in [0.05, 0.1) is 0 Å². The summed E-state index contributed by atoms with van der Waals surface area (Å²) < 4.78 is 0. The van der Waals surface area contributed by atoms with Crippen molar-refractivity contribution in [3.05, 3.63) is 48.0 Å². The molecule has 0 saturated carbocycles. The Morgan fingerprint density at radius 3 is 1.74 bits per heavy atom. The van der Waals surface area contributed by atoms with Crippen molar-refractivity contribution in [1.29, 1.82) is 0 Å². The summed E-state index contributed by atoms with van der Waals surface area (Å²) in [6.45, 7) is 4.61. The molecule has 31 heavy (non-hydrogen) atoms. The number of rotatable bonds is 17. The van der Waals surface area contributed by atoms with E-state index < -0.39 is 0 Å². The second-order valence-electron chi connectivity index (χ2n) is 9.18. The minimum absolute atomic E-state index is 0. The third kappa shape index (κ3) is 10.7. The van der Waals surface area contributed by atoms with Gasteiger partial charge in [-0.1, -0.05) is 140 Å². The van der Waals surface area contributed by atoms with Gasteiger partial charge in [-0.05, 0) is 35.1 Å². The summed E-state index contributed by atoms with van der Waals surface area (Å²) in [6, 6.07) is 15.6. The minimum atomic E-state index is 0. The second kappa shape index (κ2) is 17.8. The molecule has 2 atom stereocenters. The average Bonchev–Trinajstić information content (AvgIpc) is 2.77. The van der Waals surface area contributed by atoms with Crippen LogP contribution in [0, 0.1) is 0 Å². The van der Waals surface area contributed by atoms with E-state index in [9.17, 15) is 0 Å². The summed E-state index contributed by atoms with van der Waals surface area (Å²) in [5.74, 6) is 0.553. The second-order valence-corrected chi connectivity index (χ2v) is 9.85. The summed E-state index contributed by atoms with van der Waals surface area (Å²) >= 11 is 5.05. The van der Waals surface area contributed by atoms with Crippen LogP contribution in [0.2, 0.25) is 0 Å². The molecule has 176 valence electrons. The van der Waals surface area contributed by atoms with Gasteiger partial charge < -0.3 is 0 Å². The molecule has 0 N–H and O–H groups in total. The number of fused-ring (bicyclic) bond motifs is 1. The summed E-state index contributed by atoms with van der Waals surface area (Å²) in [5, 5.41) is 3.24. The Morgan fingerprint density at radius 1 is 0.645 bits per heavy atom. The van der Waals surface area contributed by atoms with E-state index in [1.165, 1.54) is 113 Å². The molecule has 0 aliphatic carbocycles. The lowest BCUT2D eigenvalue weighted by Crippen LogP contribution is -2.13. The Kier molecular flexibility index (Phi) is 16.3. The standard InChI is InChI=1S/C29H46S.ClH/c1-3-5-6-7-8-9-10-11-12-13-14-15-16-24-29(30)26(4-2)28-23-19-21-25-20-17-18-22-27(25)28;/h17-23,26,29-30H,3-16,24H2,1-2H3;1H. The lowest BCUT2D eigenvalue weighted by Gasteiger charge is -2.24. The van der Waals surface area contributed by atoms with Crippen LogP contribution in [0.5, 0.6) is 0 Å². The van der Waals surface area contributed by atoms with E-state index in [-0.39, 0.29) is 12.4 Å². The molecule has 0 spiro atoms. The van der Waals surface area contributed by atoms with Crippen LogP contribution in [0.15, 0.2) is 42.5 Å². The Hall–Kier alpha value is -0.660. The van der Waals surface area contributed by atoms with Gasteiger partial charge in [-0.2, -0.15) is 12.6 Å². The molecule has 0 fully saturated rings. The van der Waals surface area contributed by atoms with Gasteiger partial charge in [0.1, 0.15) is 0 Å². The van der Waals surface area contributed by atoms with E-state index in [4.69, 9.17) is 12.6 Å². The fourth-order valence-electron chi connectivity index (χ4n) is 4.85. The number of halogens is 1. The molecular weight excluding hydrogens is 416 g/mol. The smallest absolute Gasteiger partial charge is 0.00856 e. The van der Waals surface area contributed by atoms with Gasteiger partial charge in [-0.3, -0.25) is 0 Å². The van der Waals surface area contributed by atoms with Crippen molar-refractivity contribution in [3.63, 3.8) is 0 Å². The van der Waals surface area contributed by atoms with Gasteiger partial charge >= 0.3 is 0 Å². The van der Waals surface area contributed by atoms with Crippen LogP contribution in [0.4, 0.5) is 0 Å². The molecule has 2 aromatic rings. The molecule has 0 nitrogen and oxygen atoms in total. The van der Waals surface area contributed by atoms with Crippen LogP contribution in [0.3, 0.4) is 0 Å². The van der Waals surface area contributed by atoms with Gasteiger partial charge in [0, 0.05) is 5.25 Å². The first kappa shape index (κ1) is 28.4. The van der Waals surface area contributed by atoms with Crippen molar-refractivity contribution in [2.45, 2.75) is 121 Å². The highest BCUT2D eigenvalue weighted by Crippen LogP contribution is 2.34. The predicted octanol–water partition coefficient (Wildman–Crippen LogP) is 10.5. The van der Waals surface area contributed by atoms with Gasteiger partial charge in [0.25, 0.3) is 0 Å². The van der Waals surface area contributed by atoms with Crippen molar-refractivity contribution in [3.8, 4) is 0 Å². The van der Waals surface area contributed by atoms with Crippen molar-refractivity contribution >= 4 is 35.8 Å². The molecule has 0 bridgehead atoms. The lowest BCUT2D eigenvalue weighted by molar-refractivity contribution is 0.521. The van der Waals surface area contributed by atoms with Crippen LogP contribution in [-0.2, 0) is 0 Å². The van der Waals surface area contributed by atoms with E-state index in [0.717, 1.165) is 0 Å². The van der Waals surface area contributed by atoms with Gasteiger partial charge in [-0.25, -0.2) is 0 Å². The zero-order valence-electron chi connectivity index (χ0n) is 20.2. The van der Waals surface area contributed by atoms with Crippen molar-refractivity contribution in [1.82, 2.24) is 0 Å². The van der Waals surface area contributed by atoms with Gasteiger partial charge in [-0.15, -0.1) is 12.4 Å². The van der Waals surface area contributed by atoms with Crippen LogP contribution in [0.25, 0.3) is 10.8 Å². The fourth-order valence-corrected chi connectivity index (χ4v) is 5.40. The van der Waals surface area contributed by atoms with Crippen molar-refractivity contribution in [2.75, 3.05) is 0 Å². The van der Waals surface area contributed by atoms with Gasteiger partial charge in [0.2, 0.25) is 0 Å². The van der Waals surface area contributed by atoms with E-state index in [1.807, 2.05) is 0 Å². The highest BCUT2D eigenvalue weighted by molar-refractivity contribution is 7.81. The SMILES string of the molecule is CCCCCCCCCCCCCCCC(S)C(CC)c1cccc2ccccc12.Cl. The molecule has 0 radical (unpaired) electrons. The highest BCUT2D eigenvalue weighted by Gasteiger charge is 2.19. The Bertz CT molecular complexity index is 678. The Labute approximate surface area is 204 Å². The van der Waals surface area contributed by atoms with E-state index in [0.29, 0.717) is 11.2 Å². The molecule has 0 amide bonds. The van der Waals surface area contributed by atoms with E-state index in [1.54, 1.807) is 0 Å². The Balaban J connectivity index is 0.00000480. The number of hydrogen-bond donors (Lipinski definition) is 1. The normalized spacial score (nSPS) is 13.1. The monoisotopic (exact) mass is 462 g/mol. The first-order valence-electron chi connectivity index (χ1n) is 12.9. The van der Waals surface area contributed by atoms with Crippen LogP contribution >= 0.6 is 25.0 Å². The quantitative estimate of drug-likeness (QED) is 0.175. The maximum absolute atomic E-state index is 5.05. The minimum Gasteiger partial charge on any atom is -0.175 e. The zero-order valence-corrected chi connectivity index (χ0v) is 21.9. The number of thiol groups is 1. The fraction of sp³-hybridized carbons (Fsp3) is 0.655. The third-order valence-electron chi connectivity index (χ3n) is 6.73. The molecule has 2 heteroatoms. The summed E-state index contributed by atoms with van der Waals surface area (Å²) in [7, 11) is 0. The van der Waals surface area contributed by atoms with Crippen LogP contribution in [0.1, 0.15) is 122 Å². The summed E-state index contributed by atoms with van der Waals surface area (Å²) in [6.07, 6.45) is 20.9.